The van der Waals surface area contributed by atoms with Crippen molar-refractivity contribution in [3.8, 4) is 12.3 Å². The molecule has 0 bridgehead atoms. The fourth-order valence-electron chi connectivity index (χ4n) is 2.79. The minimum atomic E-state index is -0.141. The van der Waals surface area contributed by atoms with Crippen LogP contribution in [0.2, 0.25) is 0 Å². The summed E-state index contributed by atoms with van der Waals surface area (Å²) < 4.78 is 42.6. The molecular formula is C26H48O9. The number of hydrogen-bond acceptors (Lipinski definition) is 9. The van der Waals surface area contributed by atoms with E-state index in [1.807, 2.05) is 0 Å². The van der Waals surface area contributed by atoms with Gasteiger partial charge < -0.3 is 37.9 Å². The zero-order valence-corrected chi connectivity index (χ0v) is 21.8. The maximum atomic E-state index is 11.6. The lowest BCUT2D eigenvalue weighted by atomic mass is 10.1. The molecule has 0 heterocycles. The number of unbranched alkanes of at least 4 members (excludes halogenated alkanes) is 5. The molecule has 0 N–H and O–H groups in total. The molecule has 0 aliphatic heterocycles. The van der Waals surface area contributed by atoms with Crippen molar-refractivity contribution in [2.75, 3.05) is 99.1 Å². The monoisotopic (exact) mass is 504 g/mol. The molecule has 0 aromatic rings. The number of rotatable bonds is 29. The Kier molecular flexibility index (Phi) is 29.7. The van der Waals surface area contributed by atoms with Gasteiger partial charge in [0.05, 0.1) is 85.9 Å². The molecule has 206 valence electrons. The summed E-state index contributed by atoms with van der Waals surface area (Å²) in [4.78, 5) is 11.6. The van der Waals surface area contributed by atoms with Crippen LogP contribution >= 0.6 is 0 Å². The molecule has 0 spiro atoms. The number of terminal acetylenes is 1. The highest BCUT2D eigenvalue weighted by atomic mass is 16.6. The number of hydrogen-bond donors (Lipinski definition) is 0. The average Bonchev–Trinajstić information content (AvgIpc) is 2.86. The van der Waals surface area contributed by atoms with Crippen LogP contribution in [-0.2, 0) is 42.7 Å². The molecule has 9 nitrogen and oxygen atoms in total. The van der Waals surface area contributed by atoms with Crippen molar-refractivity contribution >= 4 is 5.97 Å². The van der Waals surface area contributed by atoms with Gasteiger partial charge in [-0.05, 0) is 6.42 Å². The highest BCUT2D eigenvalue weighted by molar-refractivity contribution is 5.69. The molecule has 0 aromatic carbocycles. The summed E-state index contributed by atoms with van der Waals surface area (Å²) in [6.45, 7) is 9.17. The van der Waals surface area contributed by atoms with Crippen molar-refractivity contribution in [1.29, 1.82) is 0 Å². The first-order chi connectivity index (χ1) is 17.3. The predicted octanol–water partition coefficient (Wildman–Crippen LogP) is 3.03. The Labute approximate surface area is 212 Å². The molecule has 35 heavy (non-hydrogen) atoms. The molecule has 0 aromatic heterocycles. The highest BCUT2D eigenvalue weighted by Gasteiger charge is 2.02. The fraction of sp³-hybridized carbons (Fsp3) is 0.885. The second-order valence-corrected chi connectivity index (χ2v) is 7.67. The maximum Gasteiger partial charge on any atom is 0.305 e. The van der Waals surface area contributed by atoms with Gasteiger partial charge in [-0.15, -0.1) is 6.42 Å². The normalized spacial score (nSPS) is 11.0. The Hall–Kier alpha value is -1.25. The Morgan fingerprint density at radius 2 is 0.914 bits per heavy atom. The zero-order chi connectivity index (χ0) is 25.5. The third kappa shape index (κ3) is 30.7. The maximum absolute atomic E-state index is 11.6. The molecule has 0 amide bonds. The minimum Gasteiger partial charge on any atom is -0.463 e. The van der Waals surface area contributed by atoms with Gasteiger partial charge >= 0.3 is 5.97 Å². The molecule has 0 atom stereocenters. The second-order valence-electron chi connectivity index (χ2n) is 7.67. The van der Waals surface area contributed by atoms with E-state index in [-0.39, 0.29) is 5.97 Å². The summed E-state index contributed by atoms with van der Waals surface area (Å²) in [6, 6.07) is 0. The van der Waals surface area contributed by atoms with Gasteiger partial charge in [-0.25, -0.2) is 0 Å². The molecule has 0 fully saturated rings. The van der Waals surface area contributed by atoms with E-state index >= 15 is 0 Å². The van der Waals surface area contributed by atoms with Gasteiger partial charge in [0.1, 0.15) is 13.2 Å². The van der Waals surface area contributed by atoms with Gasteiger partial charge in [0.15, 0.2) is 0 Å². The minimum absolute atomic E-state index is 0.141. The van der Waals surface area contributed by atoms with Crippen LogP contribution in [0.15, 0.2) is 0 Å². The van der Waals surface area contributed by atoms with E-state index in [0.717, 1.165) is 12.8 Å². The third-order valence-corrected chi connectivity index (χ3v) is 4.64. The van der Waals surface area contributed by atoms with E-state index in [0.29, 0.717) is 106 Å². The lowest BCUT2D eigenvalue weighted by Gasteiger charge is -2.08. The Morgan fingerprint density at radius 1 is 0.543 bits per heavy atom. The van der Waals surface area contributed by atoms with E-state index in [1.54, 1.807) is 0 Å². The van der Waals surface area contributed by atoms with Crippen LogP contribution in [0.3, 0.4) is 0 Å². The van der Waals surface area contributed by atoms with E-state index in [1.165, 1.54) is 25.7 Å². The molecule has 0 rings (SSSR count). The molecule has 0 radical (unpaired) electrons. The quantitative estimate of drug-likeness (QED) is 0.0866. The van der Waals surface area contributed by atoms with Crippen LogP contribution in [0.5, 0.6) is 0 Å². The molecule has 9 heteroatoms. The summed E-state index contributed by atoms with van der Waals surface area (Å²) in [7, 11) is 0. The fourth-order valence-corrected chi connectivity index (χ4v) is 2.79. The van der Waals surface area contributed by atoms with E-state index in [4.69, 9.17) is 44.3 Å². The van der Waals surface area contributed by atoms with Crippen LogP contribution in [0, 0.1) is 12.3 Å². The summed E-state index contributed by atoms with van der Waals surface area (Å²) >= 11 is 0. The highest BCUT2D eigenvalue weighted by Crippen LogP contribution is 2.07. The van der Waals surface area contributed by atoms with E-state index in [2.05, 4.69) is 12.8 Å². The van der Waals surface area contributed by atoms with Crippen molar-refractivity contribution in [2.24, 2.45) is 0 Å². The lowest BCUT2D eigenvalue weighted by Crippen LogP contribution is -2.15. The van der Waals surface area contributed by atoms with Crippen LogP contribution in [0.25, 0.3) is 0 Å². The SMILES string of the molecule is C#CCOCCOCCOCCOCCOCCOCCOCCOC(=O)CCCCCCCC. The molecule has 0 aliphatic rings. The predicted molar refractivity (Wildman–Crippen MR) is 134 cm³/mol. The summed E-state index contributed by atoms with van der Waals surface area (Å²) in [6.07, 6.45) is 12.5. The first-order valence-electron chi connectivity index (χ1n) is 12.9. The van der Waals surface area contributed by atoms with Crippen molar-refractivity contribution < 1.29 is 42.7 Å². The Balaban J connectivity index is 3.10. The van der Waals surface area contributed by atoms with Gasteiger partial charge in [-0.1, -0.05) is 44.9 Å². The standard InChI is InChI=1S/C26H48O9/c1-3-5-6-7-8-9-10-26(27)35-25-24-34-23-22-33-21-20-32-19-18-31-17-16-30-15-14-29-13-12-28-11-4-2/h2H,3,5-25H2,1H3. The van der Waals surface area contributed by atoms with Gasteiger partial charge in [0.2, 0.25) is 0 Å². The zero-order valence-electron chi connectivity index (χ0n) is 21.8. The Morgan fingerprint density at radius 3 is 1.34 bits per heavy atom. The van der Waals surface area contributed by atoms with Crippen molar-refractivity contribution in [3.05, 3.63) is 0 Å². The largest absolute Gasteiger partial charge is 0.463 e. The van der Waals surface area contributed by atoms with Crippen molar-refractivity contribution in [2.45, 2.75) is 51.9 Å². The molecule has 0 unspecified atom stereocenters. The molecule has 0 aliphatic carbocycles. The Bertz CT molecular complexity index is 468. The van der Waals surface area contributed by atoms with Crippen molar-refractivity contribution in [3.63, 3.8) is 0 Å². The van der Waals surface area contributed by atoms with Crippen LogP contribution in [-0.4, -0.2) is 105 Å². The van der Waals surface area contributed by atoms with Gasteiger partial charge in [0.25, 0.3) is 0 Å². The first-order valence-corrected chi connectivity index (χ1v) is 12.9. The summed E-state index contributed by atoms with van der Waals surface area (Å²) in [5.74, 6) is 2.25. The van der Waals surface area contributed by atoms with Gasteiger partial charge in [-0.3, -0.25) is 4.79 Å². The van der Waals surface area contributed by atoms with Gasteiger partial charge in [0, 0.05) is 6.42 Å². The molecule has 0 saturated carbocycles. The number of carbonyl (C=O) groups is 1. The summed E-state index contributed by atoms with van der Waals surface area (Å²) in [5, 5.41) is 0. The number of carbonyl (C=O) groups excluding carboxylic acids is 1. The topological polar surface area (TPSA) is 90.9 Å². The number of esters is 1. The van der Waals surface area contributed by atoms with E-state index < -0.39 is 0 Å². The lowest BCUT2D eigenvalue weighted by molar-refractivity contribution is -0.145. The summed E-state index contributed by atoms with van der Waals surface area (Å²) in [5.41, 5.74) is 0. The second kappa shape index (κ2) is 30.8. The van der Waals surface area contributed by atoms with E-state index in [9.17, 15) is 4.79 Å². The average molecular weight is 505 g/mol. The smallest absolute Gasteiger partial charge is 0.305 e. The number of ether oxygens (including phenoxy) is 8. The molecule has 0 saturated heterocycles. The third-order valence-electron chi connectivity index (χ3n) is 4.64. The van der Waals surface area contributed by atoms with Crippen LogP contribution in [0.1, 0.15) is 51.9 Å². The van der Waals surface area contributed by atoms with Crippen LogP contribution < -0.4 is 0 Å². The van der Waals surface area contributed by atoms with Gasteiger partial charge in [-0.2, -0.15) is 0 Å². The van der Waals surface area contributed by atoms with Crippen LogP contribution in [0.4, 0.5) is 0 Å². The molecular weight excluding hydrogens is 456 g/mol. The first kappa shape index (κ1) is 33.8. The van der Waals surface area contributed by atoms with Crippen molar-refractivity contribution in [1.82, 2.24) is 0 Å².